The minimum absolute atomic E-state index is 0.0290. The molecular formula is C17H12N2O. The second-order valence-corrected chi connectivity index (χ2v) is 4.39. The number of carbonyl (C=O) groups excluding carboxylic acids is 1. The molecule has 3 nitrogen and oxygen atoms in total. The van der Waals surface area contributed by atoms with Crippen molar-refractivity contribution in [3.63, 3.8) is 0 Å². The molecule has 20 heavy (non-hydrogen) atoms. The zero-order valence-electron chi connectivity index (χ0n) is 10.7. The lowest BCUT2D eigenvalue weighted by Crippen LogP contribution is -1.93. The monoisotopic (exact) mass is 260 g/mol. The fourth-order valence-corrected chi connectivity index (χ4v) is 1.98. The third kappa shape index (κ3) is 2.62. The number of rotatable bonds is 3. The summed E-state index contributed by atoms with van der Waals surface area (Å²) in [6.07, 6.45) is 8.39. The second kappa shape index (κ2) is 5.45. The third-order valence-corrected chi connectivity index (χ3v) is 3.02. The summed E-state index contributed by atoms with van der Waals surface area (Å²) < 4.78 is 0. The minimum atomic E-state index is -0.0290. The fourth-order valence-electron chi connectivity index (χ4n) is 1.98. The van der Waals surface area contributed by atoms with Crippen molar-refractivity contribution in [1.82, 2.24) is 9.97 Å². The Labute approximate surface area is 116 Å². The van der Waals surface area contributed by atoms with Gasteiger partial charge in [0.1, 0.15) is 0 Å². The van der Waals surface area contributed by atoms with E-state index in [1.54, 1.807) is 36.8 Å². The molecule has 96 valence electrons. The van der Waals surface area contributed by atoms with Crippen LogP contribution >= 0.6 is 0 Å². The second-order valence-electron chi connectivity index (χ2n) is 4.39. The first-order valence-electron chi connectivity index (χ1n) is 6.30. The lowest BCUT2D eigenvalue weighted by Gasteiger charge is -1.98. The van der Waals surface area contributed by atoms with E-state index in [0.717, 1.165) is 16.5 Å². The smallest absolute Gasteiger partial charge is 0.185 e. The van der Waals surface area contributed by atoms with Crippen LogP contribution in [0.25, 0.3) is 17.0 Å². The molecule has 0 aliphatic rings. The molecule has 0 fully saturated rings. The van der Waals surface area contributed by atoms with Crippen molar-refractivity contribution in [2.75, 3.05) is 0 Å². The Hall–Kier alpha value is -2.81. The van der Waals surface area contributed by atoms with Gasteiger partial charge in [0, 0.05) is 29.5 Å². The lowest BCUT2D eigenvalue weighted by atomic mass is 10.1. The summed E-state index contributed by atoms with van der Waals surface area (Å²) in [6, 6.07) is 13.2. The van der Waals surface area contributed by atoms with Gasteiger partial charge in [0.15, 0.2) is 5.78 Å². The number of nitrogens with zero attached hydrogens (tertiary/aromatic N) is 2. The molecule has 3 heteroatoms. The van der Waals surface area contributed by atoms with E-state index in [1.807, 2.05) is 36.4 Å². The van der Waals surface area contributed by atoms with Crippen LogP contribution in [0.15, 0.2) is 67.1 Å². The quantitative estimate of drug-likeness (QED) is 0.534. The standard InChI is InChI=1S/C17H12N2O/c20-17(14-7-10-18-11-8-14)6-4-13-3-5-16-15(12-13)2-1-9-19-16/h1-12H/b6-4+. The maximum Gasteiger partial charge on any atom is 0.185 e. The summed E-state index contributed by atoms with van der Waals surface area (Å²) in [4.78, 5) is 20.1. The Bertz CT molecular complexity index is 779. The molecule has 0 aliphatic carbocycles. The molecule has 0 aliphatic heterocycles. The fraction of sp³-hybridized carbons (Fsp3) is 0. The highest BCUT2D eigenvalue weighted by molar-refractivity contribution is 6.06. The number of allylic oxidation sites excluding steroid dienone is 1. The third-order valence-electron chi connectivity index (χ3n) is 3.02. The molecule has 0 radical (unpaired) electrons. The molecule has 2 aromatic heterocycles. The maximum absolute atomic E-state index is 12.0. The average Bonchev–Trinajstić information content (AvgIpc) is 2.53. The molecule has 0 N–H and O–H groups in total. The number of carbonyl (C=O) groups is 1. The van der Waals surface area contributed by atoms with Crippen molar-refractivity contribution < 1.29 is 4.79 Å². The molecule has 0 spiro atoms. The van der Waals surface area contributed by atoms with Gasteiger partial charge in [0.25, 0.3) is 0 Å². The first kappa shape index (κ1) is 12.2. The van der Waals surface area contributed by atoms with E-state index in [2.05, 4.69) is 9.97 Å². The molecular weight excluding hydrogens is 248 g/mol. The molecule has 0 unspecified atom stereocenters. The van der Waals surface area contributed by atoms with Crippen LogP contribution in [0.2, 0.25) is 0 Å². The van der Waals surface area contributed by atoms with Crippen molar-refractivity contribution in [1.29, 1.82) is 0 Å². The van der Waals surface area contributed by atoms with Crippen molar-refractivity contribution in [3.8, 4) is 0 Å². The van der Waals surface area contributed by atoms with E-state index >= 15 is 0 Å². The Morgan fingerprint density at radius 3 is 2.70 bits per heavy atom. The van der Waals surface area contributed by atoms with E-state index in [4.69, 9.17) is 0 Å². The topological polar surface area (TPSA) is 42.9 Å². The summed E-state index contributed by atoms with van der Waals surface area (Å²) in [6.45, 7) is 0. The van der Waals surface area contributed by atoms with Gasteiger partial charge in [-0.05, 0) is 42.0 Å². The zero-order valence-corrected chi connectivity index (χ0v) is 10.7. The number of hydrogen-bond acceptors (Lipinski definition) is 3. The van der Waals surface area contributed by atoms with Gasteiger partial charge in [0.2, 0.25) is 0 Å². The largest absolute Gasteiger partial charge is 0.289 e. The van der Waals surface area contributed by atoms with Crippen LogP contribution in [0.4, 0.5) is 0 Å². The van der Waals surface area contributed by atoms with Crippen LogP contribution in [0.3, 0.4) is 0 Å². The van der Waals surface area contributed by atoms with Crippen LogP contribution in [-0.2, 0) is 0 Å². The van der Waals surface area contributed by atoms with Crippen LogP contribution in [0, 0.1) is 0 Å². The first-order chi connectivity index (χ1) is 9.83. The van der Waals surface area contributed by atoms with Crippen LogP contribution in [-0.4, -0.2) is 15.8 Å². The predicted molar refractivity (Wildman–Crippen MR) is 79.3 cm³/mol. The van der Waals surface area contributed by atoms with Crippen LogP contribution in [0.1, 0.15) is 15.9 Å². The number of fused-ring (bicyclic) bond motifs is 1. The molecule has 3 aromatic rings. The van der Waals surface area contributed by atoms with Crippen molar-refractivity contribution in [2.24, 2.45) is 0 Å². The first-order valence-corrected chi connectivity index (χ1v) is 6.30. The number of pyridine rings is 2. The normalized spacial score (nSPS) is 11.0. The molecule has 0 saturated carbocycles. The highest BCUT2D eigenvalue weighted by atomic mass is 16.1. The lowest BCUT2D eigenvalue weighted by molar-refractivity contribution is 0.104. The van der Waals surface area contributed by atoms with Gasteiger partial charge in [-0.25, -0.2) is 0 Å². The number of benzene rings is 1. The molecule has 1 aromatic carbocycles. The van der Waals surface area contributed by atoms with Gasteiger partial charge < -0.3 is 0 Å². The van der Waals surface area contributed by atoms with Crippen molar-refractivity contribution in [2.45, 2.75) is 0 Å². The maximum atomic E-state index is 12.0. The molecule has 0 bridgehead atoms. The molecule has 0 atom stereocenters. The number of ketones is 1. The Morgan fingerprint density at radius 1 is 1.00 bits per heavy atom. The van der Waals surface area contributed by atoms with E-state index < -0.39 is 0 Å². The summed E-state index contributed by atoms with van der Waals surface area (Å²) in [5.41, 5.74) is 2.57. The van der Waals surface area contributed by atoms with Crippen molar-refractivity contribution in [3.05, 3.63) is 78.3 Å². The Balaban J connectivity index is 1.85. The highest BCUT2D eigenvalue weighted by Crippen LogP contribution is 2.14. The van der Waals surface area contributed by atoms with E-state index in [1.165, 1.54) is 0 Å². The van der Waals surface area contributed by atoms with Gasteiger partial charge >= 0.3 is 0 Å². The predicted octanol–water partition coefficient (Wildman–Crippen LogP) is 3.53. The number of hydrogen-bond donors (Lipinski definition) is 0. The average molecular weight is 260 g/mol. The Morgan fingerprint density at radius 2 is 1.85 bits per heavy atom. The molecule has 2 heterocycles. The summed E-state index contributed by atoms with van der Waals surface area (Å²) >= 11 is 0. The molecule has 0 amide bonds. The van der Waals surface area contributed by atoms with Gasteiger partial charge in [-0.2, -0.15) is 0 Å². The van der Waals surface area contributed by atoms with Crippen molar-refractivity contribution >= 4 is 22.8 Å². The summed E-state index contributed by atoms with van der Waals surface area (Å²) in [5.74, 6) is -0.0290. The van der Waals surface area contributed by atoms with Gasteiger partial charge in [-0.15, -0.1) is 0 Å². The molecule has 3 rings (SSSR count). The van der Waals surface area contributed by atoms with E-state index in [9.17, 15) is 4.79 Å². The SMILES string of the molecule is O=C(/C=C/c1ccc2ncccc2c1)c1ccncc1. The Kier molecular flexibility index (Phi) is 3.33. The van der Waals surface area contributed by atoms with E-state index in [-0.39, 0.29) is 5.78 Å². The summed E-state index contributed by atoms with van der Waals surface area (Å²) in [7, 11) is 0. The van der Waals surface area contributed by atoms with Crippen LogP contribution in [0.5, 0.6) is 0 Å². The van der Waals surface area contributed by atoms with Crippen LogP contribution < -0.4 is 0 Å². The van der Waals surface area contributed by atoms with Gasteiger partial charge in [-0.1, -0.05) is 18.2 Å². The summed E-state index contributed by atoms with van der Waals surface area (Å²) in [5, 5.41) is 1.06. The molecule has 0 saturated heterocycles. The van der Waals surface area contributed by atoms with Gasteiger partial charge in [-0.3, -0.25) is 14.8 Å². The number of aromatic nitrogens is 2. The van der Waals surface area contributed by atoms with E-state index in [0.29, 0.717) is 5.56 Å². The highest BCUT2D eigenvalue weighted by Gasteiger charge is 2.00. The van der Waals surface area contributed by atoms with Gasteiger partial charge in [0.05, 0.1) is 5.52 Å². The minimum Gasteiger partial charge on any atom is -0.289 e. The zero-order chi connectivity index (χ0) is 13.8.